The maximum absolute atomic E-state index is 10.7. The van der Waals surface area contributed by atoms with Crippen LogP contribution in [0.4, 0.5) is 5.69 Å². The molecule has 0 saturated carbocycles. The number of amidine groups is 1. The minimum atomic E-state index is -0.509. The summed E-state index contributed by atoms with van der Waals surface area (Å²) in [5, 5.41) is 22.3. The molecule has 0 saturated heterocycles. The largest absolute Gasteiger partial charge is 0.409 e. The first-order valence-corrected chi connectivity index (χ1v) is 6.33. The van der Waals surface area contributed by atoms with Crippen LogP contribution in [0.25, 0.3) is 0 Å². The summed E-state index contributed by atoms with van der Waals surface area (Å²) < 4.78 is 0. The van der Waals surface area contributed by atoms with E-state index >= 15 is 0 Å². The molecule has 0 aliphatic rings. The van der Waals surface area contributed by atoms with Crippen LogP contribution < -0.4 is 5.73 Å². The van der Waals surface area contributed by atoms with Crippen molar-refractivity contribution in [2.45, 2.75) is 18.7 Å². The molecule has 0 bridgehead atoms. The average molecular weight is 269 g/mol. The third kappa shape index (κ3) is 3.63. The fourth-order valence-electron chi connectivity index (χ4n) is 1.27. The van der Waals surface area contributed by atoms with E-state index in [2.05, 4.69) is 19.0 Å². The van der Waals surface area contributed by atoms with Crippen molar-refractivity contribution >= 4 is 23.3 Å². The zero-order chi connectivity index (χ0) is 13.7. The Hall–Kier alpha value is -1.76. The average Bonchev–Trinajstić information content (AvgIpc) is 2.34. The number of nitro benzene ring substituents is 1. The van der Waals surface area contributed by atoms with Crippen molar-refractivity contribution < 1.29 is 10.1 Å². The lowest BCUT2D eigenvalue weighted by atomic mass is 10.2. The van der Waals surface area contributed by atoms with Crippen LogP contribution >= 0.6 is 11.8 Å². The minimum Gasteiger partial charge on any atom is -0.409 e. The first-order valence-electron chi connectivity index (χ1n) is 5.34. The van der Waals surface area contributed by atoms with Crippen molar-refractivity contribution in [1.29, 1.82) is 0 Å². The number of rotatable bonds is 5. The number of nitro groups is 1. The summed E-state index contributed by atoms with van der Waals surface area (Å²) in [7, 11) is 0. The van der Waals surface area contributed by atoms with E-state index in [1.54, 1.807) is 6.07 Å². The number of oxime groups is 1. The van der Waals surface area contributed by atoms with E-state index in [1.165, 1.54) is 23.9 Å². The molecule has 0 fully saturated rings. The van der Waals surface area contributed by atoms with Crippen LogP contribution in [0, 0.1) is 16.0 Å². The van der Waals surface area contributed by atoms with Crippen molar-refractivity contribution in [3.05, 3.63) is 33.9 Å². The monoisotopic (exact) mass is 269 g/mol. The maximum atomic E-state index is 10.7. The van der Waals surface area contributed by atoms with E-state index in [1.807, 2.05) is 0 Å². The van der Waals surface area contributed by atoms with Crippen LogP contribution in [0.3, 0.4) is 0 Å². The second-order valence-corrected chi connectivity index (χ2v) is 5.19. The Morgan fingerprint density at radius 2 is 2.28 bits per heavy atom. The standard InChI is InChI=1S/C11H15N3O3S/c1-7(2)6-18-10-4-3-8(14(16)17)5-9(10)11(12)13-15/h3-5,7,15H,6H2,1-2H3,(H2,12,13). The van der Waals surface area contributed by atoms with Gasteiger partial charge < -0.3 is 10.9 Å². The number of hydrogen-bond donors (Lipinski definition) is 2. The van der Waals surface area contributed by atoms with Crippen molar-refractivity contribution in [3.63, 3.8) is 0 Å². The number of non-ortho nitro benzene ring substituents is 1. The third-order valence-corrected chi connectivity index (χ3v) is 3.63. The Morgan fingerprint density at radius 1 is 1.61 bits per heavy atom. The van der Waals surface area contributed by atoms with E-state index in [0.29, 0.717) is 11.5 Å². The number of thioether (sulfide) groups is 1. The van der Waals surface area contributed by atoms with Gasteiger partial charge in [0.15, 0.2) is 5.84 Å². The molecule has 0 heterocycles. The zero-order valence-corrected chi connectivity index (χ0v) is 11.0. The summed E-state index contributed by atoms with van der Waals surface area (Å²) in [6, 6.07) is 4.35. The molecular weight excluding hydrogens is 254 g/mol. The second-order valence-electron chi connectivity index (χ2n) is 4.13. The highest BCUT2D eigenvalue weighted by atomic mass is 32.2. The molecule has 6 nitrogen and oxygen atoms in total. The molecule has 0 aliphatic carbocycles. The first kappa shape index (κ1) is 14.3. The van der Waals surface area contributed by atoms with Crippen molar-refractivity contribution in [2.24, 2.45) is 16.8 Å². The molecule has 3 N–H and O–H groups in total. The molecule has 0 aromatic heterocycles. The maximum Gasteiger partial charge on any atom is 0.270 e. The highest BCUT2D eigenvalue weighted by molar-refractivity contribution is 7.99. The van der Waals surface area contributed by atoms with Gasteiger partial charge in [0, 0.05) is 28.3 Å². The Kier molecular flexibility index (Phi) is 4.96. The summed E-state index contributed by atoms with van der Waals surface area (Å²) in [6.07, 6.45) is 0. The third-order valence-electron chi connectivity index (χ3n) is 2.13. The van der Waals surface area contributed by atoms with Crippen LogP contribution in [-0.2, 0) is 0 Å². The molecule has 1 aromatic rings. The topological polar surface area (TPSA) is 102 Å². The molecule has 1 rings (SSSR count). The predicted molar refractivity (Wildman–Crippen MR) is 71.2 cm³/mol. The predicted octanol–water partition coefficient (Wildman–Crippen LogP) is 2.44. The number of benzene rings is 1. The zero-order valence-electron chi connectivity index (χ0n) is 10.2. The molecule has 7 heteroatoms. The smallest absolute Gasteiger partial charge is 0.270 e. The van der Waals surface area contributed by atoms with Crippen molar-refractivity contribution in [3.8, 4) is 0 Å². The van der Waals surface area contributed by atoms with E-state index in [0.717, 1.165) is 10.6 Å². The van der Waals surface area contributed by atoms with Crippen LogP contribution in [0.1, 0.15) is 19.4 Å². The normalized spacial score (nSPS) is 11.8. The lowest BCUT2D eigenvalue weighted by molar-refractivity contribution is -0.384. The van der Waals surface area contributed by atoms with Gasteiger partial charge in [0.2, 0.25) is 0 Å². The summed E-state index contributed by atoms with van der Waals surface area (Å²) in [5.74, 6) is 1.21. The molecule has 18 heavy (non-hydrogen) atoms. The van der Waals surface area contributed by atoms with E-state index in [9.17, 15) is 10.1 Å². The van der Waals surface area contributed by atoms with Crippen molar-refractivity contribution in [2.75, 3.05) is 5.75 Å². The van der Waals surface area contributed by atoms with Crippen LogP contribution in [0.5, 0.6) is 0 Å². The fourth-order valence-corrected chi connectivity index (χ4v) is 2.26. The van der Waals surface area contributed by atoms with Gasteiger partial charge in [-0.15, -0.1) is 11.8 Å². The van der Waals surface area contributed by atoms with Crippen LogP contribution in [-0.4, -0.2) is 21.7 Å². The van der Waals surface area contributed by atoms with E-state index < -0.39 is 4.92 Å². The summed E-state index contributed by atoms with van der Waals surface area (Å²) in [4.78, 5) is 11.0. The molecule has 0 radical (unpaired) electrons. The quantitative estimate of drug-likeness (QED) is 0.213. The van der Waals surface area contributed by atoms with Gasteiger partial charge in [-0.2, -0.15) is 0 Å². The summed E-state index contributed by atoms with van der Waals surface area (Å²) in [5.41, 5.74) is 5.84. The summed E-state index contributed by atoms with van der Waals surface area (Å²) >= 11 is 1.52. The lowest BCUT2D eigenvalue weighted by Crippen LogP contribution is -2.14. The highest BCUT2D eigenvalue weighted by Crippen LogP contribution is 2.28. The minimum absolute atomic E-state index is 0.0782. The Bertz CT molecular complexity index is 475. The lowest BCUT2D eigenvalue weighted by Gasteiger charge is -2.09. The molecule has 0 amide bonds. The van der Waals surface area contributed by atoms with E-state index in [4.69, 9.17) is 10.9 Å². The number of nitrogens with two attached hydrogens (primary N) is 1. The van der Waals surface area contributed by atoms with Crippen LogP contribution in [0.15, 0.2) is 28.3 Å². The molecular formula is C11H15N3O3S. The Balaban J connectivity index is 3.13. The van der Waals surface area contributed by atoms with Gasteiger partial charge in [-0.05, 0) is 12.0 Å². The second kappa shape index (κ2) is 6.25. The first-order chi connectivity index (χ1) is 8.45. The van der Waals surface area contributed by atoms with Gasteiger partial charge in [-0.1, -0.05) is 19.0 Å². The summed E-state index contributed by atoms with van der Waals surface area (Å²) in [6.45, 7) is 4.14. The molecule has 0 unspecified atom stereocenters. The number of nitrogens with zero attached hydrogens (tertiary/aromatic N) is 2. The molecule has 0 atom stereocenters. The molecule has 1 aromatic carbocycles. The van der Waals surface area contributed by atoms with Gasteiger partial charge in [0.25, 0.3) is 5.69 Å². The van der Waals surface area contributed by atoms with Gasteiger partial charge in [-0.3, -0.25) is 10.1 Å². The fraction of sp³-hybridized carbons (Fsp3) is 0.364. The highest BCUT2D eigenvalue weighted by Gasteiger charge is 2.14. The molecule has 0 spiro atoms. The van der Waals surface area contributed by atoms with Gasteiger partial charge in [-0.25, -0.2) is 0 Å². The SMILES string of the molecule is CC(C)CSc1ccc([N+](=O)[O-])cc1C(N)=NO. The van der Waals surface area contributed by atoms with Crippen LogP contribution in [0.2, 0.25) is 0 Å². The van der Waals surface area contributed by atoms with Gasteiger partial charge in [0.05, 0.1) is 4.92 Å². The molecule has 0 aliphatic heterocycles. The van der Waals surface area contributed by atoms with Crippen molar-refractivity contribution in [1.82, 2.24) is 0 Å². The molecule has 98 valence electrons. The number of hydrogen-bond acceptors (Lipinski definition) is 5. The Morgan fingerprint density at radius 3 is 2.78 bits per heavy atom. The van der Waals surface area contributed by atoms with Gasteiger partial charge in [0.1, 0.15) is 0 Å². The Labute approximate surface area is 109 Å². The van der Waals surface area contributed by atoms with E-state index in [-0.39, 0.29) is 11.5 Å². The van der Waals surface area contributed by atoms with Gasteiger partial charge >= 0.3 is 0 Å².